The van der Waals surface area contributed by atoms with Crippen LogP contribution >= 0.6 is 0 Å². The number of hydrogen-bond donors (Lipinski definition) is 3. The van der Waals surface area contributed by atoms with E-state index in [1.807, 2.05) is 19.1 Å². The third kappa shape index (κ3) is 3.28. The first-order valence-corrected chi connectivity index (χ1v) is 8.76. The molecule has 2 aromatic rings. The Morgan fingerprint density at radius 2 is 1.92 bits per heavy atom. The summed E-state index contributed by atoms with van der Waals surface area (Å²) in [4.78, 5) is 23.1. The number of nitrogens with zero attached hydrogens (tertiary/aromatic N) is 3. The van der Waals surface area contributed by atoms with Gasteiger partial charge in [0.1, 0.15) is 17.6 Å². The molecule has 136 valence electrons. The number of carbonyl (C=O) groups is 1. The van der Waals surface area contributed by atoms with Gasteiger partial charge in [-0.1, -0.05) is 0 Å². The van der Waals surface area contributed by atoms with Gasteiger partial charge in [0.15, 0.2) is 11.6 Å². The maximum Gasteiger partial charge on any atom is 0.246 e. The van der Waals surface area contributed by atoms with Crippen molar-refractivity contribution in [1.29, 1.82) is 0 Å². The minimum absolute atomic E-state index is 0.101. The van der Waals surface area contributed by atoms with Gasteiger partial charge in [0, 0.05) is 24.5 Å². The van der Waals surface area contributed by atoms with Crippen molar-refractivity contribution in [2.45, 2.75) is 19.9 Å². The highest BCUT2D eigenvalue weighted by Gasteiger charge is 2.26. The summed E-state index contributed by atoms with van der Waals surface area (Å²) in [7, 11) is 0. The standard InChI is InChI=1S/C18H22N6O2/c1-11-18(25)23-15-16(19-11)20-12(2)21-17(15)22-13-3-5-14(6-4-13)24-7-9-26-10-8-24/h3-6,11H,7-10H2,1-2H3,(H,23,25)(H2,19,20,21,22). The van der Waals surface area contributed by atoms with Crippen molar-refractivity contribution in [1.82, 2.24) is 9.97 Å². The molecule has 3 N–H and O–H groups in total. The van der Waals surface area contributed by atoms with E-state index in [1.165, 1.54) is 5.69 Å². The molecule has 0 saturated carbocycles. The average molecular weight is 354 g/mol. The molecule has 3 heterocycles. The molecule has 1 fully saturated rings. The van der Waals surface area contributed by atoms with Crippen LogP contribution < -0.4 is 20.9 Å². The molecule has 1 atom stereocenters. The lowest BCUT2D eigenvalue weighted by atomic mass is 10.2. The maximum absolute atomic E-state index is 12.0. The molecule has 1 unspecified atom stereocenters. The smallest absolute Gasteiger partial charge is 0.246 e. The first kappa shape index (κ1) is 16.6. The van der Waals surface area contributed by atoms with Crippen LogP contribution in [0.2, 0.25) is 0 Å². The number of carbonyl (C=O) groups excluding carboxylic acids is 1. The Bertz CT molecular complexity index is 817. The number of anilines is 5. The quantitative estimate of drug-likeness (QED) is 0.777. The highest BCUT2D eigenvalue weighted by molar-refractivity contribution is 6.05. The van der Waals surface area contributed by atoms with E-state index >= 15 is 0 Å². The van der Waals surface area contributed by atoms with Gasteiger partial charge in [-0.15, -0.1) is 0 Å². The Kier molecular flexibility index (Phi) is 4.34. The van der Waals surface area contributed by atoms with E-state index in [1.54, 1.807) is 6.92 Å². The summed E-state index contributed by atoms with van der Waals surface area (Å²) in [6.45, 7) is 6.96. The molecule has 1 aromatic carbocycles. The summed E-state index contributed by atoms with van der Waals surface area (Å²) in [5, 5.41) is 9.27. The van der Waals surface area contributed by atoms with E-state index in [9.17, 15) is 4.79 Å². The van der Waals surface area contributed by atoms with Gasteiger partial charge in [-0.05, 0) is 38.1 Å². The van der Waals surface area contributed by atoms with Crippen molar-refractivity contribution in [3.8, 4) is 0 Å². The number of rotatable bonds is 3. The van der Waals surface area contributed by atoms with Crippen LogP contribution in [-0.2, 0) is 9.53 Å². The first-order valence-electron chi connectivity index (χ1n) is 8.76. The van der Waals surface area contributed by atoms with Crippen molar-refractivity contribution in [3.63, 3.8) is 0 Å². The summed E-state index contributed by atoms with van der Waals surface area (Å²) >= 11 is 0. The second kappa shape index (κ2) is 6.80. The van der Waals surface area contributed by atoms with Crippen molar-refractivity contribution in [2.75, 3.05) is 47.2 Å². The van der Waals surface area contributed by atoms with Crippen LogP contribution in [0.5, 0.6) is 0 Å². The van der Waals surface area contributed by atoms with E-state index in [0.29, 0.717) is 23.1 Å². The minimum Gasteiger partial charge on any atom is -0.378 e. The van der Waals surface area contributed by atoms with Gasteiger partial charge in [-0.25, -0.2) is 9.97 Å². The third-order valence-electron chi connectivity index (χ3n) is 4.52. The SMILES string of the molecule is Cc1nc(Nc2ccc(N3CCOCC3)cc2)c2c(n1)NC(C)C(=O)N2. The van der Waals surface area contributed by atoms with Gasteiger partial charge in [0.25, 0.3) is 0 Å². The fourth-order valence-electron chi connectivity index (χ4n) is 3.10. The van der Waals surface area contributed by atoms with Crippen molar-refractivity contribution >= 4 is 34.6 Å². The Morgan fingerprint density at radius 3 is 2.65 bits per heavy atom. The van der Waals surface area contributed by atoms with Gasteiger partial charge in [0.2, 0.25) is 5.91 Å². The third-order valence-corrected chi connectivity index (χ3v) is 4.52. The van der Waals surface area contributed by atoms with Gasteiger partial charge in [-0.2, -0.15) is 0 Å². The second-order valence-corrected chi connectivity index (χ2v) is 6.47. The van der Waals surface area contributed by atoms with Crippen LogP contribution in [0.4, 0.5) is 28.7 Å². The molecule has 0 radical (unpaired) electrons. The van der Waals surface area contributed by atoms with Crippen LogP contribution in [0.25, 0.3) is 0 Å². The molecule has 26 heavy (non-hydrogen) atoms. The van der Waals surface area contributed by atoms with Crippen molar-refractivity contribution < 1.29 is 9.53 Å². The van der Waals surface area contributed by atoms with Crippen molar-refractivity contribution in [2.24, 2.45) is 0 Å². The summed E-state index contributed by atoms with van der Waals surface area (Å²) < 4.78 is 5.40. The van der Waals surface area contributed by atoms with Gasteiger partial charge in [-0.3, -0.25) is 4.79 Å². The Labute approximate surface area is 152 Å². The lowest BCUT2D eigenvalue weighted by molar-refractivity contribution is -0.116. The van der Waals surface area contributed by atoms with E-state index in [2.05, 4.69) is 43.0 Å². The molecule has 1 aromatic heterocycles. The second-order valence-electron chi connectivity index (χ2n) is 6.47. The van der Waals surface area contributed by atoms with Crippen molar-refractivity contribution in [3.05, 3.63) is 30.1 Å². The zero-order chi connectivity index (χ0) is 18.1. The van der Waals surface area contributed by atoms with Crippen LogP contribution in [0, 0.1) is 6.92 Å². The predicted molar refractivity (Wildman–Crippen MR) is 101 cm³/mol. The normalized spacial score (nSPS) is 19.4. The minimum atomic E-state index is -0.322. The number of nitrogens with one attached hydrogen (secondary N) is 3. The number of aryl methyl sites for hydroxylation is 1. The molecule has 2 aliphatic rings. The maximum atomic E-state index is 12.0. The lowest BCUT2D eigenvalue weighted by Gasteiger charge is -2.29. The fourth-order valence-corrected chi connectivity index (χ4v) is 3.10. The van der Waals surface area contributed by atoms with Crippen LogP contribution in [-0.4, -0.2) is 48.2 Å². The lowest BCUT2D eigenvalue weighted by Crippen LogP contribution is -2.37. The predicted octanol–water partition coefficient (Wildman–Crippen LogP) is 2.12. The molecule has 0 bridgehead atoms. The van der Waals surface area contributed by atoms with Gasteiger partial charge in [0.05, 0.1) is 13.2 Å². The monoisotopic (exact) mass is 354 g/mol. The topological polar surface area (TPSA) is 91.4 Å². The zero-order valence-electron chi connectivity index (χ0n) is 14.9. The average Bonchev–Trinajstić information content (AvgIpc) is 2.65. The Hall–Kier alpha value is -2.87. The molecule has 1 saturated heterocycles. The first-order chi connectivity index (χ1) is 12.6. The number of morpholine rings is 1. The summed E-state index contributed by atoms with van der Waals surface area (Å²) in [5.41, 5.74) is 2.65. The molecule has 2 aliphatic heterocycles. The largest absolute Gasteiger partial charge is 0.378 e. The molecule has 8 heteroatoms. The summed E-state index contributed by atoms with van der Waals surface area (Å²) in [6, 6.07) is 7.85. The van der Waals surface area contributed by atoms with Crippen LogP contribution in [0.15, 0.2) is 24.3 Å². The Morgan fingerprint density at radius 1 is 1.19 bits per heavy atom. The summed E-state index contributed by atoms with van der Waals surface area (Å²) in [5.74, 6) is 1.75. The van der Waals surface area contributed by atoms with Crippen LogP contribution in [0.1, 0.15) is 12.7 Å². The van der Waals surface area contributed by atoms with Gasteiger partial charge < -0.3 is 25.6 Å². The van der Waals surface area contributed by atoms with Crippen LogP contribution in [0.3, 0.4) is 0 Å². The van der Waals surface area contributed by atoms with E-state index in [-0.39, 0.29) is 11.9 Å². The van der Waals surface area contributed by atoms with E-state index < -0.39 is 0 Å². The molecular formula is C18H22N6O2. The summed E-state index contributed by atoms with van der Waals surface area (Å²) in [6.07, 6.45) is 0. The van der Waals surface area contributed by atoms with E-state index in [0.717, 1.165) is 32.0 Å². The fraction of sp³-hybridized carbons (Fsp3) is 0.389. The van der Waals surface area contributed by atoms with E-state index in [4.69, 9.17) is 4.74 Å². The zero-order valence-corrected chi connectivity index (χ0v) is 14.9. The highest BCUT2D eigenvalue weighted by Crippen LogP contribution is 2.33. The molecule has 1 amide bonds. The van der Waals surface area contributed by atoms with Gasteiger partial charge >= 0.3 is 0 Å². The molecular weight excluding hydrogens is 332 g/mol. The molecule has 4 rings (SSSR count). The molecule has 0 spiro atoms. The number of hydrogen-bond acceptors (Lipinski definition) is 7. The number of ether oxygens (including phenoxy) is 1. The highest BCUT2D eigenvalue weighted by atomic mass is 16.5. The number of benzene rings is 1. The molecule has 8 nitrogen and oxygen atoms in total. The number of fused-ring (bicyclic) bond motifs is 1. The Balaban J connectivity index is 1.56. The number of amides is 1. The number of aromatic nitrogens is 2. The molecule has 0 aliphatic carbocycles.